The van der Waals surface area contributed by atoms with Gasteiger partial charge in [0.2, 0.25) is 5.91 Å². The SMILES string of the molecule is CC(C)(C)c1ncc(CNc2ccc(Cl)c(C(N)=O)c2)s1. The average Bonchev–Trinajstić information content (AvgIpc) is 2.86. The van der Waals surface area contributed by atoms with E-state index in [1.54, 1.807) is 23.5 Å². The Morgan fingerprint density at radius 1 is 1.43 bits per heavy atom. The molecule has 0 saturated carbocycles. The third-order valence-corrected chi connectivity index (χ3v) is 4.65. The summed E-state index contributed by atoms with van der Waals surface area (Å²) < 4.78 is 0. The molecule has 1 aromatic carbocycles. The van der Waals surface area contributed by atoms with E-state index in [2.05, 4.69) is 31.1 Å². The van der Waals surface area contributed by atoms with Crippen LogP contribution in [0.1, 0.15) is 41.0 Å². The molecule has 0 aliphatic carbocycles. The second-order valence-electron chi connectivity index (χ2n) is 5.79. The van der Waals surface area contributed by atoms with Crippen LogP contribution in [0.2, 0.25) is 5.02 Å². The fraction of sp³-hybridized carbons (Fsp3) is 0.333. The molecule has 0 bridgehead atoms. The number of primary amides is 1. The summed E-state index contributed by atoms with van der Waals surface area (Å²) in [5.74, 6) is -0.531. The zero-order chi connectivity index (χ0) is 15.6. The molecule has 0 saturated heterocycles. The first-order valence-electron chi connectivity index (χ1n) is 6.56. The standard InChI is InChI=1S/C15H18ClN3OS/c1-15(2,3)14-19-8-10(21-14)7-18-9-4-5-12(16)11(6-9)13(17)20/h4-6,8,18H,7H2,1-3H3,(H2,17,20). The molecule has 112 valence electrons. The van der Waals surface area contributed by atoms with Crippen molar-refractivity contribution in [3.05, 3.63) is 44.9 Å². The Bertz CT molecular complexity index is 661. The summed E-state index contributed by atoms with van der Waals surface area (Å²) in [4.78, 5) is 16.8. The summed E-state index contributed by atoms with van der Waals surface area (Å²) in [7, 11) is 0. The summed E-state index contributed by atoms with van der Waals surface area (Å²) in [6.07, 6.45) is 1.88. The van der Waals surface area contributed by atoms with Crippen molar-refractivity contribution in [2.45, 2.75) is 32.7 Å². The predicted molar refractivity (Wildman–Crippen MR) is 88.1 cm³/mol. The van der Waals surface area contributed by atoms with Gasteiger partial charge in [0.15, 0.2) is 0 Å². The number of aromatic nitrogens is 1. The summed E-state index contributed by atoms with van der Waals surface area (Å²) in [5, 5.41) is 4.72. The maximum Gasteiger partial charge on any atom is 0.250 e. The molecule has 1 aromatic heterocycles. The van der Waals surface area contributed by atoms with Crippen LogP contribution in [0.5, 0.6) is 0 Å². The van der Waals surface area contributed by atoms with Gasteiger partial charge in [-0.15, -0.1) is 11.3 Å². The minimum Gasteiger partial charge on any atom is -0.380 e. The molecule has 2 aromatic rings. The van der Waals surface area contributed by atoms with Gasteiger partial charge in [0, 0.05) is 22.2 Å². The average molecular weight is 324 g/mol. The maximum absolute atomic E-state index is 11.3. The molecule has 2 rings (SSSR count). The van der Waals surface area contributed by atoms with Gasteiger partial charge in [-0.1, -0.05) is 32.4 Å². The molecule has 0 radical (unpaired) electrons. The minimum atomic E-state index is -0.531. The maximum atomic E-state index is 11.3. The van der Waals surface area contributed by atoms with Crippen LogP contribution in [0.4, 0.5) is 5.69 Å². The highest BCUT2D eigenvalue weighted by Crippen LogP contribution is 2.27. The van der Waals surface area contributed by atoms with E-state index in [9.17, 15) is 4.79 Å². The lowest BCUT2D eigenvalue weighted by Crippen LogP contribution is -2.12. The van der Waals surface area contributed by atoms with E-state index in [1.165, 1.54) is 0 Å². The Morgan fingerprint density at radius 2 is 2.14 bits per heavy atom. The first-order valence-corrected chi connectivity index (χ1v) is 7.75. The van der Waals surface area contributed by atoms with Crippen LogP contribution in [-0.2, 0) is 12.0 Å². The van der Waals surface area contributed by atoms with E-state index in [4.69, 9.17) is 17.3 Å². The molecular formula is C15H18ClN3OS. The number of nitrogens with zero attached hydrogens (tertiary/aromatic N) is 1. The summed E-state index contributed by atoms with van der Waals surface area (Å²) in [5.41, 5.74) is 6.47. The van der Waals surface area contributed by atoms with E-state index < -0.39 is 5.91 Å². The van der Waals surface area contributed by atoms with Gasteiger partial charge >= 0.3 is 0 Å². The highest BCUT2D eigenvalue weighted by atomic mass is 35.5. The van der Waals surface area contributed by atoms with Gasteiger partial charge in [-0.2, -0.15) is 0 Å². The fourth-order valence-corrected chi connectivity index (χ4v) is 2.87. The Balaban J connectivity index is 2.08. The van der Waals surface area contributed by atoms with E-state index in [0.29, 0.717) is 17.1 Å². The number of amides is 1. The quantitative estimate of drug-likeness (QED) is 0.899. The third kappa shape index (κ3) is 3.95. The van der Waals surface area contributed by atoms with Crippen molar-refractivity contribution in [2.24, 2.45) is 5.73 Å². The highest BCUT2D eigenvalue weighted by Gasteiger charge is 2.17. The van der Waals surface area contributed by atoms with Crippen LogP contribution in [0.25, 0.3) is 0 Å². The predicted octanol–water partition coefficient (Wildman–Crippen LogP) is 3.81. The van der Waals surface area contributed by atoms with Gasteiger partial charge in [0.05, 0.1) is 22.1 Å². The molecular weight excluding hydrogens is 306 g/mol. The number of halogens is 1. The van der Waals surface area contributed by atoms with Crippen LogP contribution in [0.15, 0.2) is 24.4 Å². The van der Waals surface area contributed by atoms with Crippen molar-refractivity contribution in [3.63, 3.8) is 0 Å². The van der Waals surface area contributed by atoms with Crippen LogP contribution >= 0.6 is 22.9 Å². The zero-order valence-electron chi connectivity index (χ0n) is 12.2. The van der Waals surface area contributed by atoms with Crippen molar-refractivity contribution in [1.29, 1.82) is 0 Å². The number of benzene rings is 1. The summed E-state index contributed by atoms with van der Waals surface area (Å²) in [6, 6.07) is 5.15. The van der Waals surface area contributed by atoms with Crippen LogP contribution in [0.3, 0.4) is 0 Å². The zero-order valence-corrected chi connectivity index (χ0v) is 13.8. The molecule has 0 unspecified atom stereocenters. The Morgan fingerprint density at radius 3 is 2.71 bits per heavy atom. The van der Waals surface area contributed by atoms with E-state index >= 15 is 0 Å². The molecule has 0 aliphatic rings. The first kappa shape index (κ1) is 15.8. The van der Waals surface area contributed by atoms with Gasteiger partial charge < -0.3 is 11.1 Å². The largest absolute Gasteiger partial charge is 0.380 e. The first-order chi connectivity index (χ1) is 9.77. The second-order valence-corrected chi connectivity index (χ2v) is 7.32. The molecule has 1 heterocycles. The molecule has 4 nitrogen and oxygen atoms in total. The van der Waals surface area contributed by atoms with Crippen molar-refractivity contribution in [3.8, 4) is 0 Å². The van der Waals surface area contributed by atoms with Crippen LogP contribution < -0.4 is 11.1 Å². The topological polar surface area (TPSA) is 68.0 Å². The van der Waals surface area contributed by atoms with Gasteiger partial charge in [-0.3, -0.25) is 4.79 Å². The van der Waals surface area contributed by atoms with Gasteiger partial charge in [0.25, 0.3) is 0 Å². The number of hydrogen-bond acceptors (Lipinski definition) is 4. The third-order valence-electron chi connectivity index (χ3n) is 2.89. The van der Waals surface area contributed by atoms with Crippen molar-refractivity contribution < 1.29 is 4.79 Å². The fourth-order valence-electron chi connectivity index (χ4n) is 1.75. The molecule has 1 amide bonds. The molecule has 6 heteroatoms. The van der Waals surface area contributed by atoms with E-state index in [1.807, 2.05) is 12.3 Å². The monoisotopic (exact) mass is 323 g/mol. The normalized spacial score (nSPS) is 11.4. The lowest BCUT2D eigenvalue weighted by atomic mass is 9.98. The Hall–Kier alpha value is -1.59. The highest BCUT2D eigenvalue weighted by molar-refractivity contribution is 7.11. The second kappa shape index (κ2) is 6.03. The van der Waals surface area contributed by atoms with Crippen molar-refractivity contribution >= 4 is 34.5 Å². The Labute approximate surface area is 133 Å². The molecule has 21 heavy (non-hydrogen) atoms. The number of anilines is 1. The van der Waals surface area contributed by atoms with Crippen molar-refractivity contribution in [2.75, 3.05) is 5.32 Å². The number of hydrogen-bond donors (Lipinski definition) is 2. The number of nitrogens with one attached hydrogen (secondary N) is 1. The molecule has 0 fully saturated rings. The number of nitrogens with two attached hydrogens (primary N) is 1. The summed E-state index contributed by atoms with van der Waals surface area (Å²) in [6.45, 7) is 7.07. The molecule has 0 aliphatic heterocycles. The number of thiazole rings is 1. The number of carbonyl (C=O) groups excluding carboxylic acids is 1. The molecule has 0 spiro atoms. The minimum absolute atomic E-state index is 0.0579. The van der Waals surface area contributed by atoms with Gasteiger partial charge in [-0.05, 0) is 18.2 Å². The molecule has 0 atom stereocenters. The summed E-state index contributed by atoms with van der Waals surface area (Å²) >= 11 is 7.61. The van der Waals surface area contributed by atoms with Gasteiger partial charge in [0.1, 0.15) is 0 Å². The smallest absolute Gasteiger partial charge is 0.250 e. The van der Waals surface area contributed by atoms with E-state index in [-0.39, 0.29) is 5.41 Å². The van der Waals surface area contributed by atoms with Crippen LogP contribution in [-0.4, -0.2) is 10.9 Å². The van der Waals surface area contributed by atoms with Crippen molar-refractivity contribution in [1.82, 2.24) is 4.98 Å². The van der Waals surface area contributed by atoms with Crippen LogP contribution in [0, 0.1) is 0 Å². The number of rotatable bonds is 4. The molecule has 3 N–H and O–H groups in total. The van der Waals surface area contributed by atoms with E-state index in [0.717, 1.165) is 15.6 Å². The lowest BCUT2D eigenvalue weighted by Gasteiger charge is -2.13. The number of carbonyl (C=O) groups is 1. The Kier molecular flexibility index (Phi) is 4.54. The van der Waals surface area contributed by atoms with Gasteiger partial charge in [-0.25, -0.2) is 4.98 Å². The lowest BCUT2D eigenvalue weighted by molar-refractivity contribution is 0.100.